The summed E-state index contributed by atoms with van der Waals surface area (Å²) in [6.45, 7) is 0. The van der Waals surface area contributed by atoms with Gasteiger partial charge in [-0.1, -0.05) is 12.1 Å². The average Bonchev–Trinajstić information content (AvgIpc) is 3.01. The van der Waals surface area contributed by atoms with Crippen LogP contribution in [0.3, 0.4) is 0 Å². The summed E-state index contributed by atoms with van der Waals surface area (Å²) in [5.41, 5.74) is 1.65. The molecule has 0 amide bonds. The number of para-hydroxylation sites is 1. The van der Waals surface area contributed by atoms with Gasteiger partial charge in [0, 0.05) is 18.8 Å². The third-order valence-corrected chi connectivity index (χ3v) is 3.15. The number of benzene rings is 1. The maximum Gasteiger partial charge on any atom is 0.328 e. The maximum absolute atomic E-state index is 5.83. The Labute approximate surface area is 133 Å². The summed E-state index contributed by atoms with van der Waals surface area (Å²) >= 11 is 0. The lowest BCUT2D eigenvalue weighted by molar-refractivity contribution is 0.348. The van der Waals surface area contributed by atoms with Gasteiger partial charge in [0.25, 0.3) is 0 Å². The van der Waals surface area contributed by atoms with Gasteiger partial charge in [0.2, 0.25) is 11.8 Å². The smallest absolute Gasteiger partial charge is 0.328 e. The van der Waals surface area contributed by atoms with E-state index in [0.717, 1.165) is 11.3 Å². The zero-order chi connectivity index (χ0) is 16.2. The molecule has 3 rings (SSSR count). The van der Waals surface area contributed by atoms with Crippen molar-refractivity contribution in [3.8, 4) is 34.8 Å². The molecule has 0 saturated carbocycles. The Bertz CT molecular complexity index is 794. The number of hydrogen-bond acceptors (Lipinski definition) is 6. The molecule has 23 heavy (non-hydrogen) atoms. The molecule has 118 valence electrons. The molecule has 2 heterocycles. The first kappa shape index (κ1) is 14.8. The largest absolute Gasteiger partial charge is 0.481 e. The summed E-state index contributed by atoms with van der Waals surface area (Å²) in [6.07, 6.45) is 1.87. The lowest BCUT2D eigenvalue weighted by Gasteiger charge is -2.10. The summed E-state index contributed by atoms with van der Waals surface area (Å²) in [5.74, 6) is 1.32. The van der Waals surface area contributed by atoms with Crippen LogP contribution in [0.15, 0.2) is 42.6 Å². The summed E-state index contributed by atoms with van der Waals surface area (Å²) in [6, 6.07) is 11.2. The van der Waals surface area contributed by atoms with Gasteiger partial charge in [-0.3, -0.25) is 4.68 Å². The van der Waals surface area contributed by atoms with Crippen LogP contribution in [0.1, 0.15) is 0 Å². The van der Waals surface area contributed by atoms with E-state index >= 15 is 0 Å². The molecule has 0 fully saturated rings. The van der Waals surface area contributed by atoms with E-state index in [2.05, 4.69) is 15.1 Å². The van der Waals surface area contributed by atoms with Crippen LogP contribution in [0.4, 0.5) is 0 Å². The Morgan fingerprint density at radius 1 is 0.957 bits per heavy atom. The fourth-order valence-electron chi connectivity index (χ4n) is 2.06. The minimum atomic E-state index is 0.143. The molecule has 7 nitrogen and oxygen atoms in total. The van der Waals surface area contributed by atoms with Crippen LogP contribution >= 0.6 is 0 Å². The lowest BCUT2D eigenvalue weighted by atomic mass is 10.1. The molecule has 0 spiro atoms. The number of ether oxygens (including phenoxy) is 3. The van der Waals surface area contributed by atoms with Crippen molar-refractivity contribution >= 4 is 0 Å². The Balaban J connectivity index is 1.98. The Hall–Kier alpha value is -3.09. The number of nitrogens with zero attached hydrogens (tertiary/aromatic N) is 4. The molecule has 0 unspecified atom stereocenters. The molecule has 0 N–H and O–H groups in total. The van der Waals surface area contributed by atoms with Crippen LogP contribution in [0.25, 0.3) is 11.3 Å². The van der Waals surface area contributed by atoms with Crippen molar-refractivity contribution in [1.82, 2.24) is 19.7 Å². The van der Waals surface area contributed by atoms with Gasteiger partial charge in [0.05, 0.1) is 26.0 Å². The second-order valence-electron chi connectivity index (χ2n) is 4.71. The molecule has 0 saturated heterocycles. The van der Waals surface area contributed by atoms with Crippen molar-refractivity contribution in [2.24, 2.45) is 7.05 Å². The fraction of sp³-hybridized carbons (Fsp3) is 0.188. The van der Waals surface area contributed by atoms with Crippen molar-refractivity contribution in [3.63, 3.8) is 0 Å². The highest BCUT2D eigenvalue weighted by molar-refractivity contribution is 5.67. The average molecular weight is 312 g/mol. The lowest BCUT2D eigenvalue weighted by Crippen LogP contribution is -1.99. The first-order chi connectivity index (χ1) is 11.2. The molecular formula is C16H16N4O3. The highest BCUT2D eigenvalue weighted by Gasteiger charge is 2.12. The Morgan fingerprint density at radius 2 is 1.65 bits per heavy atom. The molecule has 0 aliphatic rings. The van der Waals surface area contributed by atoms with Crippen LogP contribution in [-0.2, 0) is 7.05 Å². The van der Waals surface area contributed by atoms with Gasteiger partial charge in [-0.25, -0.2) is 0 Å². The second kappa shape index (κ2) is 6.35. The molecule has 3 aromatic rings. The molecule has 0 aliphatic heterocycles. The van der Waals surface area contributed by atoms with Crippen LogP contribution in [-0.4, -0.2) is 34.0 Å². The minimum Gasteiger partial charge on any atom is -0.481 e. The number of methoxy groups -OCH3 is 2. The van der Waals surface area contributed by atoms with Gasteiger partial charge in [-0.15, -0.1) is 0 Å². The first-order valence-electron chi connectivity index (χ1n) is 6.93. The quantitative estimate of drug-likeness (QED) is 0.721. The minimum absolute atomic E-state index is 0.143. The van der Waals surface area contributed by atoms with E-state index in [1.807, 2.05) is 43.6 Å². The van der Waals surface area contributed by atoms with E-state index in [4.69, 9.17) is 14.2 Å². The summed E-state index contributed by atoms with van der Waals surface area (Å²) in [4.78, 5) is 8.35. The molecule has 0 radical (unpaired) electrons. The molecule has 0 bridgehead atoms. The van der Waals surface area contributed by atoms with Crippen LogP contribution in [0, 0.1) is 0 Å². The first-order valence-corrected chi connectivity index (χ1v) is 6.93. The molecular weight excluding hydrogens is 296 g/mol. The van der Waals surface area contributed by atoms with E-state index < -0.39 is 0 Å². The monoisotopic (exact) mass is 312 g/mol. The van der Waals surface area contributed by atoms with E-state index in [1.165, 1.54) is 14.2 Å². The molecule has 1 aromatic carbocycles. The van der Waals surface area contributed by atoms with Crippen LogP contribution in [0.2, 0.25) is 0 Å². The van der Waals surface area contributed by atoms with Crippen molar-refractivity contribution in [3.05, 3.63) is 42.6 Å². The number of hydrogen-bond donors (Lipinski definition) is 0. The molecule has 2 aromatic heterocycles. The van der Waals surface area contributed by atoms with Gasteiger partial charge in [0.1, 0.15) is 5.75 Å². The second-order valence-corrected chi connectivity index (χ2v) is 4.71. The predicted molar refractivity (Wildman–Crippen MR) is 83.9 cm³/mol. The van der Waals surface area contributed by atoms with Gasteiger partial charge >= 0.3 is 6.01 Å². The van der Waals surface area contributed by atoms with Crippen molar-refractivity contribution in [1.29, 1.82) is 0 Å². The molecule has 0 aliphatic carbocycles. The van der Waals surface area contributed by atoms with Crippen molar-refractivity contribution in [2.75, 3.05) is 14.2 Å². The summed E-state index contributed by atoms with van der Waals surface area (Å²) < 4.78 is 17.8. The normalized spacial score (nSPS) is 10.4. The number of aryl methyl sites for hydroxylation is 1. The standard InChI is InChI=1S/C16H16N4O3/c1-20-9-8-12(19-20)11-6-4-5-7-13(11)23-16-17-14(21-2)10-15(18-16)22-3/h4-10H,1-3H3. The Morgan fingerprint density at radius 3 is 2.26 bits per heavy atom. The van der Waals surface area contributed by atoms with E-state index in [0.29, 0.717) is 17.5 Å². The van der Waals surface area contributed by atoms with Crippen LogP contribution < -0.4 is 14.2 Å². The number of rotatable bonds is 5. The highest BCUT2D eigenvalue weighted by Crippen LogP contribution is 2.32. The fourth-order valence-corrected chi connectivity index (χ4v) is 2.06. The van der Waals surface area contributed by atoms with Gasteiger partial charge in [-0.05, 0) is 18.2 Å². The van der Waals surface area contributed by atoms with E-state index in [1.54, 1.807) is 10.7 Å². The van der Waals surface area contributed by atoms with Gasteiger partial charge < -0.3 is 14.2 Å². The predicted octanol–water partition coefficient (Wildman–Crippen LogP) is 2.69. The zero-order valence-corrected chi connectivity index (χ0v) is 13.1. The Kier molecular flexibility index (Phi) is 4.09. The maximum atomic E-state index is 5.83. The summed E-state index contributed by atoms with van der Waals surface area (Å²) in [7, 11) is 4.91. The highest BCUT2D eigenvalue weighted by atomic mass is 16.5. The van der Waals surface area contributed by atoms with Gasteiger partial charge in [-0.2, -0.15) is 15.1 Å². The zero-order valence-electron chi connectivity index (χ0n) is 13.1. The topological polar surface area (TPSA) is 71.3 Å². The van der Waals surface area contributed by atoms with Gasteiger partial charge in [0.15, 0.2) is 0 Å². The molecule has 0 atom stereocenters. The van der Waals surface area contributed by atoms with E-state index in [9.17, 15) is 0 Å². The van der Waals surface area contributed by atoms with Crippen molar-refractivity contribution < 1.29 is 14.2 Å². The summed E-state index contributed by atoms with van der Waals surface area (Å²) in [5, 5.41) is 4.40. The van der Waals surface area contributed by atoms with Crippen molar-refractivity contribution in [2.45, 2.75) is 0 Å². The van der Waals surface area contributed by atoms with Crippen LogP contribution in [0.5, 0.6) is 23.5 Å². The van der Waals surface area contributed by atoms with E-state index in [-0.39, 0.29) is 6.01 Å². The SMILES string of the molecule is COc1cc(OC)nc(Oc2ccccc2-c2ccn(C)n2)n1. The third kappa shape index (κ3) is 3.23. The number of aromatic nitrogens is 4. The molecule has 7 heteroatoms. The third-order valence-electron chi connectivity index (χ3n) is 3.15.